The molecule has 0 bridgehead atoms. The standard InChI is InChI=1S/C15H16N2OS/c1-9-7-14(19-10(9)2)15(18)17-12-3-4-13-11(8-12)5-6-16-13/h3-4,7-8,16H,5-6H2,1-2H3,(H,17,18). The van der Waals surface area contributed by atoms with Crippen LogP contribution in [-0.2, 0) is 6.42 Å². The van der Waals surface area contributed by atoms with Gasteiger partial charge in [-0.05, 0) is 55.7 Å². The SMILES string of the molecule is Cc1cc(C(=O)Nc2ccc3c(c2)CCN3)sc1C. The first-order chi connectivity index (χ1) is 9.13. The summed E-state index contributed by atoms with van der Waals surface area (Å²) in [6.07, 6.45) is 1.02. The van der Waals surface area contributed by atoms with Crippen LogP contribution in [0.25, 0.3) is 0 Å². The molecule has 2 N–H and O–H groups in total. The van der Waals surface area contributed by atoms with E-state index in [0.717, 1.165) is 23.5 Å². The molecule has 0 spiro atoms. The highest BCUT2D eigenvalue weighted by molar-refractivity contribution is 7.14. The Balaban J connectivity index is 1.79. The Kier molecular flexibility index (Phi) is 3.03. The number of hydrogen-bond acceptors (Lipinski definition) is 3. The maximum atomic E-state index is 12.2. The molecule has 2 aromatic rings. The molecule has 1 amide bonds. The van der Waals surface area contributed by atoms with Gasteiger partial charge in [0.2, 0.25) is 0 Å². The van der Waals surface area contributed by atoms with Gasteiger partial charge in [-0.15, -0.1) is 11.3 Å². The lowest BCUT2D eigenvalue weighted by atomic mass is 10.1. The number of hydrogen-bond donors (Lipinski definition) is 2. The third-order valence-corrected chi connectivity index (χ3v) is 4.61. The fraction of sp³-hybridized carbons (Fsp3) is 0.267. The van der Waals surface area contributed by atoms with Crippen molar-refractivity contribution < 1.29 is 4.79 Å². The Bertz CT molecular complexity index is 626. The lowest BCUT2D eigenvalue weighted by Crippen LogP contribution is -2.10. The number of rotatable bonds is 2. The van der Waals surface area contributed by atoms with Crippen LogP contribution in [0.1, 0.15) is 25.7 Å². The predicted molar refractivity (Wildman–Crippen MR) is 80.4 cm³/mol. The van der Waals surface area contributed by atoms with E-state index in [-0.39, 0.29) is 5.91 Å². The van der Waals surface area contributed by atoms with Gasteiger partial charge in [0.1, 0.15) is 0 Å². The topological polar surface area (TPSA) is 41.1 Å². The largest absolute Gasteiger partial charge is 0.384 e. The Morgan fingerprint density at radius 2 is 2.16 bits per heavy atom. The quantitative estimate of drug-likeness (QED) is 0.877. The summed E-state index contributed by atoms with van der Waals surface area (Å²) in [6.45, 7) is 5.05. The zero-order valence-corrected chi connectivity index (χ0v) is 11.9. The van der Waals surface area contributed by atoms with Crippen LogP contribution in [0.2, 0.25) is 0 Å². The Labute approximate surface area is 116 Å². The highest BCUT2D eigenvalue weighted by Crippen LogP contribution is 2.26. The van der Waals surface area contributed by atoms with Gasteiger partial charge in [-0.3, -0.25) is 4.79 Å². The fourth-order valence-electron chi connectivity index (χ4n) is 2.26. The Morgan fingerprint density at radius 3 is 2.89 bits per heavy atom. The molecule has 1 aromatic heterocycles. The fourth-order valence-corrected chi connectivity index (χ4v) is 3.19. The zero-order chi connectivity index (χ0) is 13.4. The van der Waals surface area contributed by atoms with Crippen molar-refractivity contribution in [3.8, 4) is 0 Å². The summed E-state index contributed by atoms with van der Waals surface area (Å²) in [5, 5.41) is 6.28. The number of fused-ring (bicyclic) bond motifs is 1. The number of carbonyl (C=O) groups excluding carboxylic acids is 1. The van der Waals surface area contributed by atoms with Gasteiger partial charge in [-0.2, -0.15) is 0 Å². The summed E-state index contributed by atoms with van der Waals surface area (Å²) in [6, 6.07) is 7.98. The van der Waals surface area contributed by atoms with Crippen LogP contribution in [-0.4, -0.2) is 12.5 Å². The monoisotopic (exact) mass is 272 g/mol. The number of carbonyl (C=O) groups is 1. The Morgan fingerprint density at radius 1 is 1.32 bits per heavy atom. The third kappa shape index (κ3) is 2.36. The van der Waals surface area contributed by atoms with Gasteiger partial charge < -0.3 is 10.6 Å². The maximum Gasteiger partial charge on any atom is 0.265 e. The second-order valence-electron chi connectivity index (χ2n) is 4.85. The van der Waals surface area contributed by atoms with Crippen molar-refractivity contribution >= 4 is 28.6 Å². The minimum Gasteiger partial charge on any atom is -0.384 e. The molecule has 0 unspecified atom stereocenters. The van der Waals surface area contributed by atoms with Gasteiger partial charge in [0, 0.05) is 22.8 Å². The van der Waals surface area contributed by atoms with Crippen LogP contribution in [0.4, 0.5) is 11.4 Å². The summed E-state index contributed by atoms with van der Waals surface area (Å²) in [4.78, 5) is 14.1. The van der Waals surface area contributed by atoms with Crippen LogP contribution >= 0.6 is 11.3 Å². The number of aryl methyl sites for hydroxylation is 2. The van der Waals surface area contributed by atoms with Crippen LogP contribution in [0, 0.1) is 13.8 Å². The van der Waals surface area contributed by atoms with Crippen molar-refractivity contribution in [2.24, 2.45) is 0 Å². The van der Waals surface area contributed by atoms with E-state index in [1.165, 1.54) is 21.7 Å². The average Bonchev–Trinajstić information content (AvgIpc) is 2.96. The lowest BCUT2D eigenvalue weighted by Gasteiger charge is -2.06. The maximum absolute atomic E-state index is 12.2. The van der Waals surface area contributed by atoms with Gasteiger partial charge in [0.05, 0.1) is 4.88 Å². The molecule has 3 rings (SSSR count). The highest BCUT2D eigenvalue weighted by Gasteiger charge is 2.13. The van der Waals surface area contributed by atoms with Crippen molar-refractivity contribution in [1.29, 1.82) is 0 Å². The molecule has 1 aliphatic rings. The summed E-state index contributed by atoms with van der Waals surface area (Å²) < 4.78 is 0. The number of benzene rings is 1. The molecule has 0 fully saturated rings. The Hall–Kier alpha value is -1.81. The molecule has 0 atom stereocenters. The zero-order valence-electron chi connectivity index (χ0n) is 11.0. The van der Waals surface area contributed by atoms with Crippen molar-refractivity contribution in [2.75, 3.05) is 17.2 Å². The van der Waals surface area contributed by atoms with Crippen molar-refractivity contribution in [2.45, 2.75) is 20.3 Å². The van der Waals surface area contributed by atoms with E-state index >= 15 is 0 Å². The second-order valence-corrected chi connectivity index (χ2v) is 6.11. The van der Waals surface area contributed by atoms with Gasteiger partial charge in [-0.25, -0.2) is 0 Å². The van der Waals surface area contributed by atoms with Crippen LogP contribution in [0.3, 0.4) is 0 Å². The van der Waals surface area contributed by atoms with E-state index in [9.17, 15) is 4.79 Å². The first kappa shape index (κ1) is 12.2. The highest BCUT2D eigenvalue weighted by atomic mass is 32.1. The molecular formula is C15H16N2OS. The molecule has 2 heterocycles. The minimum absolute atomic E-state index is 0.0212. The molecule has 0 saturated carbocycles. The number of amides is 1. The molecule has 4 heteroatoms. The number of nitrogens with one attached hydrogen (secondary N) is 2. The van der Waals surface area contributed by atoms with E-state index in [2.05, 4.69) is 16.7 Å². The predicted octanol–water partition coefficient (Wildman–Crippen LogP) is 3.59. The summed E-state index contributed by atoms with van der Waals surface area (Å²) in [5.74, 6) is -0.0212. The van der Waals surface area contributed by atoms with E-state index in [1.807, 2.05) is 32.0 Å². The first-order valence-electron chi connectivity index (χ1n) is 6.38. The molecule has 98 valence electrons. The lowest BCUT2D eigenvalue weighted by molar-refractivity contribution is 0.103. The van der Waals surface area contributed by atoms with E-state index in [4.69, 9.17) is 0 Å². The summed E-state index contributed by atoms with van der Waals surface area (Å²) >= 11 is 1.54. The van der Waals surface area contributed by atoms with E-state index < -0.39 is 0 Å². The third-order valence-electron chi connectivity index (χ3n) is 3.46. The molecular weight excluding hydrogens is 256 g/mol. The molecule has 3 nitrogen and oxygen atoms in total. The summed E-state index contributed by atoms with van der Waals surface area (Å²) in [5.41, 5.74) is 4.50. The van der Waals surface area contributed by atoms with Gasteiger partial charge >= 0.3 is 0 Å². The van der Waals surface area contributed by atoms with Crippen LogP contribution < -0.4 is 10.6 Å². The van der Waals surface area contributed by atoms with Gasteiger partial charge in [-0.1, -0.05) is 0 Å². The second kappa shape index (κ2) is 4.70. The molecule has 0 aliphatic carbocycles. The van der Waals surface area contributed by atoms with Gasteiger partial charge in [0.15, 0.2) is 0 Å². The molecule has 0 saturated heterocycles. The van der Waals surface area contributed by atoms with Crippen LogP contribution in [0.5, 0.6) is 0 Å². The van der Waals surface area contributed by atoms with Crippen molar-refractivity contribution in [3.05, 3.63) is 45.1 Å². The molecule has 1 aromatic carbocycles. The van der Waals surface area contributed by atoms with Crippen molar-refractivity contribution in [3.63, 3.8) is 0 Å². The average molecular weight is 272 g/mol. The van der Waals surface area contributed by atoms with Crippen molar-refractivity contribution in [1.82, 2.24) is 0 Å². The minimum atomic E-state index is -0.0212. The van der Waals surface area contributed by atoms with E-state index in [1.54, 1.807) is 11.3 Å². The number of thiophene rings is 1. The molecule has 0 radical (unpaired) electrons. The first-order valence-corrected chi connectivity index (χ1v) is 7.20. The summed E-state index contributed by atoms with van der Waals surface area (Å²) in [7, 11) is 0. The normalized spacial score (nSPS) is 12.9. The smallest absolute Gasteiger partial charge is 0.265 e. The number of anilines is 2. The van der Waals surface area contributed by atoms with Gasteiger partial charge in [0.25, 0.3) is 5.91 Å². The molecule has 19 heavy (non-hydrogen) atoms. The molecule has 1 aliphatic heterocycles. The van der Waals surface area contributed by atoms with E-state index in [0.29, 0.717) is 0 Å². The van der Waals surface area contributed by atoms with Crippen LogP contribution in [0.15, 0.2) is 24.3 Å².